The maximum Gasteiger partial charge on any atom is 0.134 e. The molecule has 2 atom stereocenters. The Morgan fingerprint density at radius 1 is 1.67 bits per heavy atom. The topological polar surface area (TPSA) is 50.6 Å². The molecule has 0 spiro atoms. The third-order valence-corrected chi connectivity index (χ3v) is 2.36. The highest BCUT2D eigenvalue weighted by Gasteiger charge is 2.59. The first-order chi connectivity index (χ1) is 4.28. The minimum Gasteiger partial charge on any atom is -0.351 e. The summed E-state index contributed by atoms with van der Waals surface area (Å²) in [6.45, 7) is 0. The summed E-state index contributed by atoms with van der Waals surface area (Å²) < 4.78 is 5.15. The lowest BCUT2D eigenvalue weighted by molar-refractivity contribution is 0.324. The predicted molar refractivity (Wildman–Crippen MR) is 33.9 cm³/mol. The van der Waals surface area contributed by atoms with Gasteiger partial charge in [0.1, 0.15) is 12.3 Å². The number of nitrogens with two attached hydrogens (primary N) is 1. The van der Waals surface area contributed by atoms with E-state index in [9.17, 15) is 0 Å². The molecule has 3 nitrogen and oxygen atoms in total. The Bertz CT molecular complexity index is 133. The standard InChI is InChI=1S/C6H12N2O/c1-8-6(2-3-6)4-5(7)9-4/h4-5,8H,2-3,7H2,1H3/t4-,5+/m1/s1. The van der Waals surface area contributed by atoms with Crippen LogP contribution in [0.5, 0.6) is 0 Å². The average Bonchev–Trinajstić information content (AvgIpc) is 2.63. The van der Waals surface area contributed by atoms with Crippen molar-refractivity contribution in [2.24, 2.45) is 5.73 Å². The molecule has 9 heavy (non-hydrogen) atoms. The van der Waals surface area contributed by atoms with Crippen molar-refractivity contribution >= 4 is 0 Å². The first-order valence-corrected chi connectivity index (χ1v) is 3.38. The molecule has 3 N–H and O–H groups in total. The van der Waals surface area contributed by atoms with E-state index in [4.69, 9.17) is 10.5 Å². The van der Waals surface area contributed by atoms with E-state index in [2.05, 4.69) is 5.32 Å². The molecule has 52 valence electrons. The van der Waals surface area contributed by atoms with Crippen LogP contribution < -0.4 is 11.1 Å². The van der Waals surface area contributed by atoms with E-state index in [0.29, 0.717) is 6.10 Å². The van der Waals surface area contributed by atoms with E-state index >= 15 is 0 Å². The Kier molecular flexibility index (Phi) is 0.928. The van der Waals surface area contributed by atoms with Crippen molar-refractivity contribution in [2.45, 2.75) is 30.7 Å². The van der Waals surface area contributed by atoms with Crippen LogP contribution in [0.25, 0.3) is 0 Å². The maximum atomic E-state index is 5.51. The zero-order chi connectivity index (χ0) is 6.48. The Morgan fingerprint density at radius 2 is 2.22 bits per heavy atom. The number of epoxide rings is 1. The number of ether oxygens (including phenoxy) is 1. The Balaban J connectivity index is 1.97. The molecule has 1 aliphatic carbocycles. The van der Waals surface area contributed by atoms with Crippen molar-refractivity contribution in [1.29, 1.82) is 0 Å². The fourth-order valence-electron chi connectivity index (χ4n) is 1.38. The summed E-state index contributed by atoms with van der Waals surface area (Å²) in [5.41, 5.74) is 5.78. The molecular weight excluding hydrogens is 116 g/mol. The molecular formula is C6H12N2O. The summed E-state index contributed by atoms with van der Waals surface area (Å²) in [5.74, 6) is 0. The van der Waals surface area contributed by atoms with Gasteiger partial charge in [-0.1, -0.05) is 0 Å². The lowest BCUT2D eigenvalue weighted by Crippen LogP contribution is -2.35. The van der Waals surface area contributed by atoms with E-state index in [-0.39, 0.29) is 11.8 Å². The number of hydrogen-bond donors (Lipinski definition) is 2. The van der Waals surface area contributed by atoms with Gasteiger partial charge in [-0.05, 0) is 19.9 Å². The molecule has 0 aromatic heterocycles. The lowest BCUT2D eigenvalue weighted by atomic mass is 10.2. The van der Waals surface area contributed by atoms with E-state index in [1.165, 1.54) is 12.8 Å². The third-order valence-electron chi connectivity index (χ3n) is 2.36. The van der Waals surface area contributed by atoms with Crippen LogP contribution in [0.2, 0.25) is 0 Å². The fraction of sp³-hybridized carbons (Fsp3) is 1.00. The molecule has 0 aromatic carbocycles. The molecule has 0 amide bonds. The minimum absolute atomic E-state index is 0.0138. The van der Waals surface area contributed by atoms with Crippen LogP contribution in [0, 0.1) is 0 Å². The van der Waals surface area contributed by atoms with E-state index in [1.54, 1.807) is 0 Å². The lowest BCUT2D eigenvalue weighted by Gasteiger charge is -2.08. The second-order valence-corrected chi connectivity index (χ2v) is 2.93. The van der Waals surface area contributed by atoms with Crippen LogP contribution >= 0.6 is 0 Å². The summed E-state index contributed by atoms with van der Waals surface area (Å²) >= 11 is 0. The Morgan fingerprint density at radius 3 is 2.33 bits per heavy atom. The minimum atomic E-state index is 0.0138. The van der Waals surface area contributed by atoms with E-state index < -0.39 is 0 Å². The molecule has 0 bridgehead atoms. The first-order valence-electron chi connectivity index (χ1n) is 3.38. The largest absolute Gasteiger partial charge is 0.351 e. The highest BCUT2D eigenvalue weighted by molar-refractivity contribution is 5.13. The van der Waals surface area contributed by atoms with Crippen LogP contribution in [-0.4, -0.2) is 24.9 Å². The van der Waals surface area contributed by atoms with Gasteiger partial charge in [0, 0.05) is 5.54 Å². The van der Waals surface area contributed by atoms with Gasteiger partial charge in [-0.3, -0.25) is 0 Å². The number of hydrogen-bond acceptors (Lipinski definition) is 3. The van der Waals surface area contributed by atoms with Gasteiger partial charge in [0.25, 0.3) is 0 Å². The van der Waals surface area contributed by atoms with Gasteiger partial charge in [-0.25, -0.2) is 0 Å². The predicted octanol–water partition coefficient (Wildman–Crippen LogP) is -0.578. The third kappa shape index (κ3) is 0.689. The zero-order valence-corrected chi connectivity index (χ0v) is 5.55. The van der Waals surface area contributed by atoms with Crippen molar-refractivity contribution < 1.29 is 4.74 Å². The molecule has 0 unspecified atom stereocenters. The Labute approximate surface area is 54.6 Å². The SMILES string of the molecule is CNC1([C@@H]2O[C@@H]2N)CC1. The maximum absolute atomic E-state index is 5.51. The summed E-state index contributed by atoms with van der Waals surface area (Å²) in [5, 5.41) is 3.24. The van der Waals surface area contributed by atoms with Crippen molar-refractivity contribution in [3.8, 4) is 0 Å². The summed E-state index contributed by atoms with van der Waals surface area (Å²) in [7, 11) is 1.97. The van der Waals surface area contributed by atoms with Gasteiger partial charge in [0.15, 0.2) is 0 Å². The Hall–Kier alpha value is -0.120. The number of rotatable bonds is 2. The summed E-state index contributed by atoms with van der Waals surface area (Å²) in [4.78, 5) is 0. The highest BCUT2D eigenvalue weighted by Crippen LogP contribution is 2.46. The smallest absolute Gasteiger partial charge is 0.134 e. The highest BCUT2D eigenvalue weighted by atomic mass is 16.6. The summed E-state index contributed by atoms with van der Waals surface area (Å²) in [6.07, 6.45) is 2.77. The van der Waals surface area contributed by atoms with Crippen LogP contribution in [0.15, 0.2) is 0 Å². The van der Waals surface area contributed by atoms with Crippen LogP contribution in [0.3, 0.4) is 0 Å². The molecule has 2 aliphatic rings. The van der Waals surface area contributed by atoms with Gasteiger partial charge in [0.05, 0.1) is 0 Å². The van der Waals surface area contributed by atoms with Crippen LogP contribution in [0.4, 0.5) is 0 Å². The molecule has 3 heteroatoms. The average molecular weight is 128 g/mol. The van der Waals surface area contributed by atoms with Crippen molar-refractivity contribution in [3.05, 3.63) is 0 Å². The van der Waals surface area contributed by atoms with Gasteiger partial charge in [-0.2, -0.15) is 0 Å². The van der Waals surface area contributed by atoms with Gasteiger partial charge >= 0.3 is 0 Å². The second kappa shape index (κ2) is 1.48. The number of likely N-dealkylation sites (N-methyl/N-ethyl adjacent to an activating group) is 1. The normalized spacial score (nSPS) is 44.7. The van der Waals surface area contributed by atoms with Crippen LogP contribution in [-0.2, 0) is 4.74 Å². The molecule has 2 fully saturated rings. The molecule has 0 aromatic rings. The van der Waals surface area contributed by atoms with E-state index in [1.807, 2.05) is 7.05 Å². The van der Waals surface area contributed by atoms with Crippen LogP contribution in [0.1, 0.15) is 12.8 Å². The molecule has 2 rings (SSSR count). The number of nitrogens with one attached hydrogen (secondary N) is 1. The molecule has 1 saturated heterocycles. The van der Waals surface area contributed by atoms with Crippen molar-refractivity contribution in [1.82, 2.24) is 5.32 Å². The monoisotopic (exact) mass is 128 g/mol. The van der Waals surface area contributed by atoms with E-state index in [0.717, 1.165) is 0 Å². The molecule has 1 aliphatic heterocycles. The molecule has 1 heterocycles. The quantitative estimate of drug-likeness (QED) is 0.489. The zero-order valence-electron chi connectivity index (χ0n) is 5.55. The molecule has 1 saturated carbocycles. The van der Waals surface area contributed by atoms with Crippen molar-refractivity contribution in [2.75, 3.05) is 7.05 Å². The van der Waals surface area contributed by atoms with Gasteiger partial charge in [0.2, 0.25) is 0 Å². The van der Waals surface area contributed by atoms with Gasteiger partial charge in [-0.15, -0.1) is 0 Å². The first kappa shape index (κ1) is 5.65. The second-order valence-electron chi connectivity index (χ2n) is 2.93. The van der Waals surface area contributed by atoms with Crippen molar-refractivity contribution in [3.63, 3.8) is 0 Å². The molecule has 0 radical (unpaired) electrons. The fourth-order valence-corrected chi connectivity index (χ4v) is 1.38. The van der Waals surface area contributed by atoms with Gasteiger partial charge < -0.3 is 15.8 Å². The summed E-state index contributed by atoms with van der Waals surface area (Å²) in [6, 6.07) is 0.